The number of hydrogen-bond acceptors (Lipinski definition) is 2. The molecule has 82 valence electrons. The van der Waals surface area contributed by atoms with Crippen LogP contribution in [-0.4, -0.2) is 6.10 Å². The fourth-order valence-electron chi connectivity index (χ4n) is 2.08. The molecule has 0 spiro atoms. The van der Waals surface area contributed by atoms with Crippen LogP contribution in [0.5, 0.6) is 5.75 Å². The van der Waals surface area contributed by atoms with Gasteiger partial charge in [-0.25, -0.2) is 0 Å². The maximum Gasteiger partial charge on any atom is 0.138 e. The molecule has 2 nitrogen and oxygen atoms in total. The van der Waals surface area contributed by atoms with Crippen molar-refractivity contribution >= 4 is 15.9 Å². The normalized spacial score (nSPS) is 23.7. The van der Waals surface area contributed by atoms with Crippen molar-refractivity contribution in [1.29, 1.82) is 0 Å². The van der Waals surface area contributed by atoms with Crippen LogP contribution in [0.1, 0.15) is 36.9 Å². The Bertz CT molecular complexity index is 378. The summed E-state index contributed by atoms with van der Waals surface area (Å²) in [4.78, 5) is 0. The number of rotatable bonds is 2. The molecule has 2 N–H and O–H groups in total. The van der Waals surface area contributed by atoms with Crippen LogP contribution in [0, 0.1) is 6.92 Å². The maximum atomic E-state index is 6.17. The molecular formula is C12H16BrNO. The lowest BCUT2D eigenvalue weighted by molar-refractivity contribution is 0.194. The van der Waals surface area contributed by atoms with E-state index in [1.807, 2.05) is 0 Å². The van der Waals surface area contributed by atoms with E-state index < -0.39 is 0 Å². The molecule has 1 aromatic rings. The number of fused-ring (bicyclic) bond motifs is 1. The molecule has 0 saturated carbocycles. The first-order chi connectivity index (χ1) is 7.13. The summed E-state index contributed by atoms with van der Waals surface area (Å²) in [7, 11) is 0. The first kappa shape index (κ1) is 11.0. The Morgan fingerprint density at radius 1 is 1.47 bits per heavy atom. The summed E-state index contributed by atoms with van der Waals surface area (Å²) in [5, 5.41) is 0. The zero-order valence-electron chi connectivity index (χ0n) is 9.09. The van der Waals surface area contributed by atoms with E-state index in [-0.39, 0.29) is 12.1 Å². The van der Waals surface area contributed by atoms with Crippen molar-refractivity contribution < 1.29 is 4.74 Å². The monoisotopic (exact) mass is 269 g/mol. The van der Waals surface area contributed by atoms with Gasteiger partial charge in [-0.15, -0.1) is 0 Å². The third kappa shape index (κ3) is 1.91. The van der Waals surface area contributed by atoms with Crippen LogP contribution in [0.25, 0.3) is 0 Å². The number of hydrogen-bond donors (Lipinski definition) is 1. The molecule has 0 bridgehead atoms. The summed E-state index contributed by atoms with van der Waals surface area (Å²) < 4.78 is 6.89. The average Bonchev–Trinajstić information content (AvgIpc) is 2.47. The molecule has 0 amide bonds. The average molecular weight is 270 g/mol. The van der Waals surface area contributed by atoms with Crippen molar-refractivity contribution in [3.63, 3.8) is 0 Å². The molecule has 15 heavy (non-hydrogen) atoms. The standard InChI is InChI=1S/C12H16BrNO/c1-3-4-10-11(14)8-5-7(2)6-9(13)12(8)15-10/h5-6,10-11H,3-4,14H2,1-2H3. The van der Waals surface area contributed by atoms with Crippen LogP contribution in [0.3, 0.4) is 0 Å². The van der Waals surface area contributed by atoms with Gasteiger partial charge < -0.3 is 10.5 Å². The molecule has 0 radical (unpaired) electrons. The quantitative estimate of drug-likeness (QED) is 0.894. The molecule has 0 aliphatic carbocycles. The Morgan fingerprint density at radius 2 is 2.20 bits per heavy atom. The minimum atomic E-state index is 0.0242. The first-order valence-electron chi connectivity index (χ1n) is 5.35. The largest absolute Gasteiger partial charge is 0.487 e. The SMILES string of the molecule is CCCC1Oc2c(Br)cc(C)cc2C1N. The minimum absolute atomic E-state index is 0.0242. The molecule has 2 unspecified atom stereocenters. The number of ether oxygens (including phenoxy) is 1. The van der Waals surface area contributed by atoms with E-state index in [2.05, 4.69) is 41.9 Å². The smallest absolute Gasteiger partial charge is 0.138 e. The Labute approximate surface area is 98.9 Å². The Morgan fingerprint density at radius 3 is 2.87 bits per heavy atom. The first-order valence-corrected chi connectivity index (χ1v) is 6.15. The van der Waals surface area contributed by atoms with Crippen molar-refractivity contribution in [2.75, 3.05) is 0 Å². The van der Waals surface area contributed by atoms with Crippen LogP contribution < -0.4 is 10.5 Å². The van der Waals surface area contributed by atoms with E-state index in [9.17, 15) is 0 Å². The molecule has 0 aromatic heterocycles. The fraction of sp³-hybridized carbons (Fsp3) is 0.500. The molecule has 3 heteroatoms. The predicted molar refractivity (Wildman–Crippen MR) is 65.1 cm³/mol. The van der Waals surface area contributed by atoms with Crippen LogP contribution in [-0.2, 0) is 0 Å². The second kappa shape index (κ2) is 4.14. The highest BCUT2D eigenvalue weighted by Gasteiger charge is 2.32. The van der Waals surface area contributed by atoms with Crippen LogP contribution in [0.4, 0.5) is 0 Å². The fourth-order valence-corrected chi connectivity index (χ4v) is 2.76. The molecule has 2 rings (SSSR count). The van der Waals surface area contributed by atoms with Gasteiger partial charge in [-0.3, -0.25) is 0 Å². The van der Waals surface area contributed by atoms with E-state index in [0.717, 1.165) is 28.6 Å². The van der Waals surface area contributed by atoms with Crippen molar-refractivity contribution in [2.45, 2.75) is 38.8 Å². The molecule has 1 aliphatic rings. The highest BCUT2D eigenvalue weighted by atomic mass is 79.9. The zero-order chi connectivity index (χ0) is 11.0. The van der Waals surface area contributed by atoms with Gasteiger partial charge in [0.25, 0.3) is 0 Å². The van der Waals surface area contributed by atoms with Crippen molar-refractivity contribution in [3.8, 4) is 5.75 Å². The van der Waals surface area contributed by atoms with Gasteiger partial charge in [-0.2, -0.15) is 0 Å². The van der Waals surface area contributed by atoms with Gasteiger partial charge in [0.2, 0.25) is 0 Å². The summed E-state index contributed by atoms with van der Waals surface area (Å²) in [6.07, 6.45) is 2.26. The summed E-state index contributed by atoms with van der Waals surface area (Å²) >= 11 is 3.52. The minimum Gasteiger partial charge on any atom is -0.487 e. The third-order valence-corrected chi connectivity index (χ3v) is 3.41. The lowest BCUT2D eigenvalue weighted by Gasteiger charge is -2.13. The molecular weight excluding hydrogens is 254 g/mol. The van der Waals surface area contributed by atoms with Crippen molar-refractivity contribution in [2.24, 2.45) is 5.73 Å². The number of halogens is 1. The summed E-state index contributed by atoms with van der Waals surface area (Å²) in [6, 6.07) is 4.22. The van der Waals surface area contributed by atoms with Crippen molar-refractivity contribution in [3.05, 3.63) is 27.7 Å². The summed E-state index contributed by atoms with van der Waals surface area (Å²) in [5.74, 6) is 0.937. The van der Waals surface area contributed by atoms with Crippen molar-refractivity contribution in [1.82, 2.24) is 0 Å². The lowest BCUT2D eigenvalue weighted by Crippen LogP contribution is -2.24. The number of benzene rings is 1. The molecule has 1 aromatic carbocycles. The summed E-state index contributed by atoms with van der Waals surface area (Å²) in [6.45, 7) is 4.23. The van der Waals surface area contributed by atoms with E-state index >= 15 is 0 Å². The van der Waals surface area contributed by atoms with Gasteiger partial charge in [0, 0.05) is 5.56 Å². The highest BCUT2D eigenvalue weighted by Crippen LogP contribution is 2.42. The second-order valence-corrected chi connectivity index (χ2v) is 4.99. The summed E-state index contributed by atoms with van der Waals surface area (Å²) in [5.41, 5.74) is 8.53. The maximum absolute atomic E-state index is 6.17. The van der Waals surface area contributed by atoms with Gasteiger partial charge in [0.15, 0.2) is 0 Å². The van der Waals surface area contributed by atoms with Gasteiger partial charge >= 0.3 is 0 Å². The van der Waals surface area contributed by atoms with Gasteiger partial charge in [-0.1, -0.05) is 19.4 Å². The van der Waals surface area contributed by atoms with E-state index in [0.29, 0.717) is 0 Å². The van der Waals surface area contributed by atoms with Crippen LogP contribution in [0.2, 0.25) is 0 Å². The Balaban J connectivity index is 2.36. The molecule has 2 atom stereocenters. The van der Waals surface area contributed by atoms with Gasteiger partial charge in [0.1, 0.15) is 11.9 Å². The Hall–Kier alpha value is -0.540. The van der Waals surface area contributed by atoms with Gasteiger partial charge in [0.05, 0.1) is 10.5 Å². The predicted octanol–water partition coefficient (Wildman–Crippen LogP) is 3.32. The second-order valence-electron chi connectivity index (χ2n) is 4.14. The zero-order valence-corrected chi connectivity index (χ0v) is 10.7. The molecule has 0 fully saturated rings. The van der Waals surface area contributed by atoms with E-state index in [1.54, 1.807) is 0 Å². The van der Waals surface area contributed by atoms with E-state index in [1.165, 1.54) is 5.56 Å². The van der Waals surface area contributed by atoms with E-state index in [4.69, 9.17) is 10.5 Å². The van der Waals surface area contributed by atoms with Crippen LogP contribution >= 0.6 is 15.9 Å². The Kier molecular flexibility index (Phi) is 3.03. The number of aryl methyl sites for hydroxylation is 1. The molecule has 1 heterocycles. The van der Waals surface area contributed by atoms with Crippen LogP contribution in [0.15, 0.2) is 16.6 Å². The highest BCUT2D eigenvalue weighted by molar-refractivity contribution is 9.10. The topological polar surface area (TPSA) is 35.2 Å². The number of nitrogens with two attached hydrogens (primary N) is 1. The lowest BCUT2D eigenvalue weighted by atomic mass is 10.0. The molecule has 0 saturated heterocycles. The third-order valence-electron chi connectivity index (χ3n) is 2.82. The van der Waals surface area contributed by atoms with Gasteiger partial charge in [-0.05, 0) is 40.9 Å². The molecule has 1 aliphatic heterocycles.